The third-order valence-corrected chi connectivity index (χ3v) is 5.26. The zero-order chi connectivity index (χ0) is 23.0. The quantitative estimate of drug-likeness (QED) is 0.504. The minimum atomic E-state index is -4.92. The van der Waals surface area contributed by atoms with E-state index in [2.05, 4.69) is 15.5 Å². The van der Waals surface area contributed by atoms with Gasteiger partial charge < -0.3 is 9.84 Å². The van der Waals surface area contributed by atoms with Crippen LogP contribution in [0.4, 0.5) is 31.5 Å². The summed E-state index contributed by atoms with van der Waals surface area (Å²) < 4.78 is 83.0. The van der Waals surface area contributed by atoms with E-state index in [0.717, 1.165) is 11.3 Å². The monoisotopic (exact) mass is 463 g/mol. The molecule has 166 valence electrons. The van der Waals surface area contributed by atoms with Gasteiger partial charge in [-0.1, -0.05) is 5.16 Å². The Balaban J connectivity index is 1.75. The standard InChI is InChI=1S/C19H15F6N3O2S/c1-9-15(10(2)30-28-9)7-16(29)27-17-26-8-14(31-17)5-11-3-12(18(20,21)22)6-13(4-11)19(23,24)25/h3-4,6,8H,5,7H2,1-2H3,(H,26,27,29). The average Bonchev–Trinajstić information content (AvgIpc) is 3.21. The topological polar surface area (TPSA) is 68.0 Å². The zero-order valence-corrected chi connectivity index (χ0v) is 16.9. The van der Waals surface area contributed by atoms with E-state index in [1.165, 1.54) is 6.20 Å². The maximum atomic E-state index is 13.0. The van der Waals surface area contributed by atoms with Crippen molar-refractivity contribution >= 4 is 22.4 Å². The highest BCUT2D eigenvalue weighted by Crippen LogP contribution is 2.37. The Hall–Kier alpha value is -2.89. The first-order valence-corrected chi connectivity index (χ1v) is 9.59. The molecule has 0 saturated carbocycles. The van der Waals surface area contributed by atoms with Gasteiger partial charge in [-0.2, -0.15) is 26.3 Å². The fourth-order valence-corrected chi connectivity index (χ4v) is 3.71. The lowest BCUT2D eigenvalue weighted by atomic mass is 10.0. The van der Waals surface area contributed by atoms with Gasteiger partial charge in [-0.3, -0.25) is 4.79 Å². The molecule has 0 aliphatic heterocycles. The molecule has 0 aliphatic carbocycles. The predicted molar refractivity (Wildman–Crippen MR) is 99.7 cm³/mol. The third-order valence-electron chi connectivity index (χ3n) is 4.34. The van der Waals surface area contributed by atoms with Gasteiger partial charge in [-0.25, -0.2) is 4.98 Å². The summed E-state index contributed by atoms with van der Waals surface area (Å²) in [6.07, 6.45) is -8.76. The van der Waals surface area contributed by atoms with E-state index in [1.54, 1.807) is 13.8 Å². The molecule has 1 amide bonds. The van der Waals surface area contributed by atoms with Crippen LogP contribution in [-0.2, 0) is 30.0 Å². The summed E-state index contributed by atoms with van der Waals surface area (Å²) in [5.74, 6) is 0.0891. The molecule has 2 heterocycles. The highest BCUT2D eigenvalue weighted by atomic mass is 32.1. The summed E-state index contributed by atoms with van der Waals surface area (Å²) in [4.78, 5) is 16.6. The second kappa shape index (κ2) is 8.33. The van der Waals surface area contributed by atoms with Crippen molar-refractivity contribution in [1.82, 2.24) is 10.1 Å². The van der Waals surface area contributed by atoms with E-state index in [9.17, 15) is 31.1 Å². The van der Waals surface area contributed by atoms with E-state index in [1.807, 2.05) is 0 Å². The lowest BCUT2D eigenvalue weighted by Crippen LogP contribution is -2.14. The van der Waals surface area contributed by atoms with Crippen LogP contribution in [0.5, 0.6) is 0 Å². The summed E-state index contributed by atoms with van der Waals surface area (Å²) in [6.45, 7) is 3.35. The highest BCUT2D eigenvalue weighted by Gasteiger charge is 2.36. The third kappa shape index (κ3) is 5.63. The van der Waals surface area contributed by atoms with Crippen LogP contribution in [0.15, 0.2) is 28.9 Å². The van der Waals surface area contributed by atoms with E-state index < -0.39 is 29.4 Å². The van der Waals surface area contributed by atoms with Gasteiger partial charge in [-0.05, 0) is 37.6 Å². The van der Waals surface area contributed by atoms with Crippen LogP contribution >= 0.6 is 11.3 Å². The molecule has 3 rings (SSSR count). The number of aromatic nitrogens is 2. The molecule has 3 aromatic rings. The van der Waals surface area contributed by atoms with Gasteiger partial charge in [0.2, 0.25) is 5.91 Å². The molecule has 0 unspecified atom stereocenters. The van der Waals surface area contributed by atoms with Gasteiger partial charge in [0.05, 0.1) is 23.2 Å². The van der Waals surface area contributed by atoms with Crippen LogP contribution in [0.2, 0.25) is 0 Å². The van der Waals surface area contributed by atoms with Crippen LogP contribution in [0.3, 0.4) is 0 Å². The summed E-state index contributed by atoms with van der Waals surface area (Å²) in [5.41, 5.74) is -1.74. The minimum absolute atomic E-state index is 0.0152. The van der Waals surface area contributed by atoms with Crippen molar-refractivity contribution in [1.29, 1.82) is 0 Å². The summed E-state index contributed by atoms with van der Waals surface area (Å²) in [7, 11) is 0. The Bertz CT molecular complexity index is 1050. The molecule has 5 nitrogen and oxygen atoms in total. The molecule has 0 atom stereocenters. The van der Waals surface area contributed by atoms with Gasteiger partial charge in [0.1, 0.15) is 5.76 Å². The summed E-state index contributed by atoms with van der Waals surface area (Å²) >= 11 is 0.959. The van der Waals surface area contributed by atoms with Crippen LogP contribution in [0, 0.1) is 13.8 Å². The van der Waals surface area contributed by atoms with Gasteiger partial charge in [0.25, 0.3) is 0 Å². The van der Waals surface area contributed by atoms with E-state index in [-0.39, 0.29) is 29.6 Å². The van der Waals surface area contributed by atoms with Gasteiger partial charge in [0.15, 0.2) is 5.13 Å². The van der Waals surface area contributed by atoms with Crippen LogP contribution in [0.1, 0.15) is 38.6 Å². The van der Waals surface area contributed by atoms with Crippen molar-refractivity contribution in [3.05, 3.63) is 63.0 Å². The molecule has 12 heteroatoms. The largest absolute Gasteiger partial charge is 0.416 e. The second-order valence-electron chi connectivity index (χ2n) is 6.75. The number of thiazole rings is 1. The molecular weight excluding hydrogens is 448 g/mol. The lowest BCUT2D eigenvalue weighted by molar-refractivity contribution is -0.143. The average molecular weight is 463 g/mol. The lowest BCUT2D eigenvalue weighted by Gasteiger charge is -2.13. The molecule has 0 saturated heterocycles. The minimum Gasteiger partial charge on any atom is -0.361 e. The molecule has 1 N–H and O–H groups in total. The van der Waals surface area contributed by atoms with Crippen molar-refractivity contribution in [3.63, 3.8) is 0 Å². The Morgan fingerprint density at radius 2 is 1.68 bits per heavy atom. The van der Waals surface area contributed by atoms with Gasteiger partial charge in [-0.15, -0.1) is 11.3 Å². The Morgan fingerprint density at radius 3 is 2.19 bits per heavy atom. The molecular formula is C19H15F6N3O2S. The van der Waals surface area contributed by atoms with Crippen LogP contribution in [-0.4, -0.2) is 16.0 Å². The number of hydrogen-bond acceptors (Lipinski definition) is 5. The van der Waals surface area contributed by atoms with Gasteiger partial charge in [0, 0.05) is 23.1 Å². The molecule has 0 aliphatic rings. The number of carbonyl (C=O) groups excluding carboxylic acids is 1. The Morgan fingerprint density at radius 1 is 1.06 bits per heavy atom. The predicted octanol–water partition coefficient (Wildman–Crippen LogP) is 5.56. The molecule has 31 heavy (non-hydrogen) atoms. The van der Waals surface area contributed by atoms with E-state index >= 15 is 0 Å². The maximum Gasteiger partial charge on any atom is 0.416 e. The summed E-state index contributed by atoms with van der Waals surface area (Å²) in [6, 6.07) is 1.42. The number of benzene rings is 1. The van der Waals surface area contributed by atoms with E-state index in [0.29, 0.717) is 34.0 Å². The first-order valence-electron chi connectivity index (χ1n) is 8.77. The second-order valence-corrected chi connectivity index (χ2v) is 7.87. The molecule has 2 aromatic heterocycles. The number of amides is 1. The number of anilines is 1. The first kappa shape index (κ1) is 22.8. The molecule has 0 radical (unpaired) electrons. The Kier molecular flexibility index (Phi) is 6.12. The van der Waals surface area contributed by atoms with Crippen molar-refractivity contribution in [2.45, 2.75) is 39.0 Å². The fourth-order valence-electron chi connectivity index (χ4n) is 2.85. The number of rotatable bonds is 5. The number of aryl methyl sites for hydroxylation is 2. The highest BCUT2D eigenvalue weighted by molar-refractivity contribution is 7.15. The SMILES string of the molecule is Cc1noc(C)c1CC(=O)Nc1ncc(Cc2cc(C(F)(F)F)cc(C(F)(F)F)c2)s1. The zero-order valence-electron chi connectivity index (χ0n) is 16.1. The molecule has 0 bridgehead atoms. The van der Waals surface area contributed by atoms with E-state index in [4.69, 9.17) is 4.52 Å². The smallest absolute Gasteiger partial charge is 0.361 e. The normalized spacial score (nSPS) is 12.3. The number of nitrogens with zero attached hydrogens (tertiary/aromatic N) is 2. The fraction of sp³-hybridized carbons (Fsp3) is 0.316. The van der Waals surface area contributed by atoms with Crippen LogP contribution < -0.4 is 5.32 Å². The maximum absolute atomic E-state index is 13.0. The van der Waals surface area contributed by atoms with Crippen molar-refractivity contribution < 1.29 is 35.7 Å². The van der Waals surface area contributed by atoms with Crippen molar-refractivity contribution in [3.8, 4) is 0 Å². The number of halogens is 6. The Labute approximate surface area is 176 Å². The van der Waals surface area contributed by atoms with Crippen molar-refractivity contribution in [2.24, 2.45) is 0 Å². The number of alkyl halides is 6. The number of nitrogens with one attached hydrogen (secondary N) is 1. The molecule has 0 fully saturated rings. The van der Waals surface area contributed by atoms with Crippen LogP contribution in [0.25, 0.3) is 0 Å². The summed E-state index contributed by atoms with van der Waals surface area (Å²) in [5, 5.41) is 6.47. The molecule has 0 spiro atoms. The number of hydrogen-bond donors (Lipinski definition) is 1. The first-order chi connectivity index (χ1) is 14.3. The van der Waals surface area contributed by atoms with Crippen molar-refractivity contribution in [2.75, 3.05) is 5.32 Å². The number of carbonyl (C=O) groups is 1. The van der Waals surface area contributed by atoms with Gasteiger partial charge >= 0.3 is 12.4 Å². The molecule has 1 aromatic carbocycles.